The summed E-state index contributed by atoms with van der Waals surface area (Å²) in [6.07, 6.45) is 0.725. The van der Waals surface area contributed by atoms with E-state index in [0.717, 1.165) is 18.2 Å². The lowest BCUT2D eigenvalue weighted by atomic mass is 10.1. The number of anilines is 1. The first-order chi connectivity index (χ1) is 7.65. The molecule has 1 aromatic heterocycles. The molecule has 0 saturated heterocycles. The fourth-order valence-electron chi connectivity index (χ4n) is 1.72. The molecule has 0 atom stereocenters. The quantitative estimate of drug-likeness (QED) is 0.844. The molecule has 4 heteroatoms. The maximum Gasteiger partial charge on any atom is 0.137 e. The van der Waals surface area contributed by atoms with Crippen molar-refractivity contribution in [3.63, 3.8) is 0 Å². The maximum absolute atomic E-state index is 13.6. The number of rotatable bonds is 2. The van der Waals surface area contributed by atoms with E-state index >= 15 is 0 Å². The highest BCUT2D eigenvalue weighted by Crippen LogP contribution is 2.26. The molecule has 2 nitrogen and oxygen atoms in total. The predicted molar refractivity (Wildman–Crippen MR) is 60.6 cm³/mol. The Morgan fingerprint density at radius 2 is 2.00 bits per heavy atom. The normalized spacial score (nSPS) is 10.8. The Morgan fingerprint density at radius 3 is 2.62 bits per heavy atom. The molecule has 0 spiro atoms. The van der Waals surface area contributed by atoms with Crippen LogP contribution < -0.4 is 5.32 Å². The Morgan fingerprint density at radius 1 is 1.25 bits per heavy atom. The number of hydrogen-bond acceptors (Lipinski definition) is 2. The SMILES string of the molecule is CCc1cc(NC)c2c(F)cc(F)cc2n1. The van der Waals surface area contributed by atoms with Crippen molar-refractivity contribution in [3.8, 4) is 0 Å². The van der Waals surface area contributed by atoms with E-state index in [1.807, 2.05) is 6.92 Å². The van der Waals surface area contributed by atoms with E-state index in [1.165, 1.54) is 6.07 Å². The van der Waals surface area contributed by atoms with Gasteiger partial charge in [0.25, 0.3) is 0 Å². The van der Waals surface area contributed by atoms with Crippen molar-refractivity contribution in [1.29, 1.82) is 0 Å². The summed E-state index contributed by atoms with van der Waals surface area (Å²) >= 11 is 0. The van der Waals surface area contributed by atoms with Crippen molar-refractivity contribution in [2.45, 2.75) is 13.3 Å². The number of nitrogens with zero attached hydrogens (tertiary/aromatic N) is 1. The maximum atomic E-state index is 13.6. The molecular formula is C12H12F2N2. The standard InChI is InChI=1S/C12H12F2N2/c1-3-8-6-10(15-2)12-9(14)4-7(13)5-11(12)16-8/h4-6H,3H2,1-2H3,(H,15,16). The number of aryl methyl sites for hydroxylation is 1. The van der Waals surface area contributed by atoms with Gasteiger partial charge in [-0.3, -0.25) is 4.98 Å². The number of hydrogen-bond donors (Lipinski definition) is 1. The Labute approximate surface area is 92.3 Å². The molecule has 1 aromatic carbocycles. The summed E-state index contributed by atoms with van der Waals surface area (Å²) in [5.74, 6) is -1.19. The van der Waals surface area contributed by atoms with Gasteiger partial charge in [0.2, 0.25) is 0 Å². The van der Waals surface area contributed by atoms with Gasteiger partial charge in [0.15, 0.2) is 0 Å². The minimum absolute atomic E-state index is 0.334. The highest BCUT2D eigenvalue weighted by Gasteiger charge is 2.10. The summed E-state index contributed by atoms with van der Waals surface area (Å²) < 4.78 is 26.7. The minimum Gasteiger partial charge on any atom is -0.387 e. The highest BCUT2D eigenvalue weighted by atomic mass is 19.1. The summed E-state index contributed by atoms with van der Waals surface area (Å²) in [5.41, 5.74) is 1.79. The summed E-state index contributed by atoms with van der Waals surface area (Å²) in [5, 5.41) is 3.24. The number of halogens is 2. The molecular weight excluding hydrogens is 210 g/mol. The molecule has 1 heterocycles. The molecule has 0 radical (unpaired) electrons. The van der Waals surface area contributed by atoms with E-state index in [0.29, 0.717) is 16.6 Å². The summed E-state index contributed by atoms with van der Waals surface area (Å²) in [7, 11) is 1.71. The highest BCUT2D eigenvalue weighted by molar-refractivity contribution is 5.92. The van der Waals surface area contributed by atoms with Crippen LogP contribution >= 0.6 is 0 Å². The second-order valence-electron chi connectivity index (χ2n) is 3.55. The fourth-order valence-corrected chi connectivity index (χ4v) is 1.72. The van der Waals surface area contributed by atoms with E-state index in [-0.39, 0.29) is 0 Å². The van der Waals surface area contributed by atoms with Crippen molar-refractivity contribution < 1.29 is 8.78 Å². The summed E-state index contributed by atoms with van der Waals surface area (Å²) in [6, 6.07) is 3.90. The molecule has 0 unspecified atom stereocenters. The summed E-state index contributed by atoms with van der Waals surface area (Å²) in [6.45, 7) is 1.95. The van der Waals surface area contributed by atoms with Crippen molar-refractivity contribution in [2.75, 3.05) is 12.4 Å². The van der Waals surface area contributed by atoms with Crippen LogP contribution in [0.15, 0.2) is 18.2 Å². The van der Waals surface area contributed by atoms with Gasteiger partial charge in [-0.2, -0.15) is 0 Å². The fraction of sp³-hybridized carbons (Fsp3) is 0.250. The van der Waals surface area contributed by atoms with Crippen LogP contribution in [0.2, 0.25) is 0 Å². The number of nitrogens with one attached hydrogen (secondary N) is 1. The van der Waals surface area contributed by atoms with Gasteiger partial charge in [-0.05, 0) is 12.5 Å². The van der Waals surface area contributed by atoms with Crippen LogP contribution in [0.4, 0.5) is 14.5 Å². The third-order valence-corrected chi connectivity index (χ3v) is 2.51. The number of aromatic nitrogens is 1. The lowest BCUT2D eigenvalue weighted by Gasteiger charge is -2.09. The number of pyridine rings is 1. The zero-order chi connectivity index (χ0) is 11.7. The molecule has 0 bridgehead atoms. The third kappa shape index (κ3) is 1.71. The van der Waals surface area contributed by atoms with Gasteiger partial charge in [-0.15, -0.1) is 0 Å². The molecule has 0 aliphatic carbocycles. The first-order valence-electron chi connectivity index (χ1n) is 5.12. The largest absolute Gasteiger partial charge is 0.387 e. The number of benzene rings is 1. The van der Waals surface area contributed by atoms with Gasteiger partial charge in [-0.1, -0.05) is 6.92 Å². The molecule has 0 amide bonds. The van der Waals surface area contributed by atoms with Crippen LogP contribution in [-0.2, 0) is 6.42 Å². The van der Waals surface area contributed by atoms with Gasteiger partial charge in [0, 0.05) is 30.6 Å². The van der Waals surface area contributed by atoms with E-state index in [2.05, 4.69) is 10.3 Å². The first kappa shape index (κ1) is 10.8. The molecule has 2 aromatic rings. The van der Waals surface area contributed by atoms with Crippen molar-refractivity contribution in [1.82, 2.24) is 4.98 Å². The average molecular weight is 222 g/mol. The van der Waals surface area contributed by atoms with E-state index in [9.17, 15) is 8.78 Å². The molecule has 0 aliphatic rings. The Hall–Kier alpha value is -1.71. The molecule has 2 rings (SSSR count). The topological polar surface area (TPSA) is 24.9 Å². The van der Waals surface area contributed by atoms with Gasteiger partial charge in [0.05, 0.1) is 10.9 Å². The second kappa shape index (κ2) is 4.04. The zero-order valence-corrected chi connectivity index (χ0v) is 9.14. The van der Waals surface area contributed by atoms with Crippen LogP contribution in [-0.4, -0.2) is 12.0 Å². The summed E-state index contributed by atoms with van der Waals surface area (Å²) in [4.78, 5) is 4.20. The van der Waals surface area contributed by atoms with Crippen molar-refractivity contribution in [2.24, 2.45) is 0 Å². The lowest BCUT2D eigenvalue weighted by Crippen LogP contribution is -1.98. The third-order valence-electron chi connectivity index (χ3n) is 2.51. The van der Waals surface area contributed by atoms with Crippen molar-refractivity contribution in [3.05, 3.63) is 35.5 Å². The molecule has 1 N–H and O–H groups in total. The van der Waals surface area contributed by atoms with Gasteiger partial charge >= 0.3 is 0 Å². The average Bonchev–Trinajstić information content (AvgIpc) is 2.26. The Balaban J connectivity index is 2.83. The Bertz CT molecular complexity index is 538. The van der Waals surface area contributed by atoms with E-state index in [1.54, 1.807) is 13.1 Å². The van der Waals surface area contributed by atoms with Gasteiger partial charge in [-0.25, -0.2) is 8.78 Å². The molecule has 0 fully saturated rings. The smallest absolute Gasteiger partial charge is 0.137 e. The van der Waals surface area contributed by atoms with E-state index in [4.69, 9.17) is 0 Å². The van der Waals surface area contributed by atoms with Crippen molar-refractivity contribution >= 4 is 16.6 Å². The number of fused-ring (bicyclic) bond motifs is 1. The molecule has 0 aliphatic heterocycles. The zero-order valence-electron chi connectivity index (χ0n) is 9.14. The molecule has 0 saturated carbocycles. The van der Waals surface area contributed by atoms with Gasteiger partial charge in [0.1, 0.15) is 11.6 Å². The van der Waals surface area contributed by atoms with Gasteiger partial charge < -0.3 is 5.32 Å². The lowest BCUT2D eigenvalue weighted by molar-refractivity contribution is 0.591. The van der Waals surface area contributed by atoms with Crippen LogP contribution in [0, 0.1) is 11.6 Å². The molecule has 84 valence electrons. The Kier molecular flexibility index (Phi) is 2.73. The second-order valence-corrected chi connectivity index (χ2v) is 3.55. The van der Waals surface area contributed by atoms with Crippen LogP contribution in [0.1, 0.15) is 12.6 Å². The van der Waals surface area contributed by atoms with Crippen LogP contribution in [0.3, 0.4) is 0 Å². The van der Waals surface area contributed by atoms with Crippen LogP contribution in [0.5, 0.6) is 0 Å². The van der Waals surface area contributed by atoms with E-state index < -0.39 is 11.6 Å². The first-order valence-corrected chi connectivity index (χ1v) is 5.12. The van der Waals surface area contributed by atoms with Crippen LogP contribution in [0.25, 0.3) is 10.9 Å². The monoisotopic (exact) mass is 222 g/mol. The molecule has 16 heavy (non-hydrogen) atoms. The predicted octanol–water partition coefficient (Wildman–Crippen LogP) is 3.12. The minimum atomic E-state index is -0.604.